The van der Waals surface area contributed by atoms with Crippen molar-refractivity contribution in [2.45, 2.75) is 17.9 Å². The summed E-state index contributed by atoms with van der Waals surface area (Å²) in [6, 6.07) is 2.58. The van der Waals surface area contributed by atoms with Crippen molar-refractivity contribution in [1.29, 1.82) is 0 Å². The van der Waals surface area contributed by atoms with Gasteiger partial charge in [-0.05, 0) is 24.6 Å². The van der Waals surface area contributed by atoms with Crippen LogP contribution in [0.4, 0.5) is 5.69 Å². The van der Waals surface area contributed by atoms with Crippen molar-refractivity contribution in [1.82, 2.24) is 0 Å². The maximum atomic E-state index is 11.0. The summed E-state index contributed by atoms with van der Waals surface area (Å²) in [6.07, 6.45) is -1.04. The van der Waals surface area contributed by atoms with Gasteiger partial charge >= 0.3 is 0 Å². The van der Waals surface area contributed by atoms with E-state index in [0.717, 1.165) is 6.07 Å². The first-order valence-electron chi connectivity index (χ1n) is 5.09. The first-order valence-corrected chi connectivity index (χ1v) is 6.53. The molecular formula is C10H15NO6S. The molecule has 18 heavy (non-hydrogen) atoms. The summed E-state index contributed by atoms with van der Waals surface area (Å²) in [4.78, 5) is -0.608. The van der Waals surface area contributed by atoms with Gasteiger partial charge in [0.2, 0.25) is 0 Å². The maximum absolute atomic E-state index is 11.0. The zero-order valence-electron chi connectivity index (χ0n) is 9.66. The van der Waals surface area contributed by atoms with Gasteiger partial charge in [0.05, 0.1) is 18.4 Å². The molecule has 1 unspecified atom stereocenters. The van der Waals surface area contributed by atoms with Gasteiger partial charge in [-0.25, -0.2) is 0 Å². The molecule has 5 N–H and O–H groups in total. The second-order valence-electron chi connectivity index (χ2n) is 3.85. The van der Waals surface area contributed by atoms with Crippen LogP contribution in [-0.4, -0.2) is 47.5 Å². The van der Waals surface area contributed by atoms with Crippen molar-refractivity contribution in [3.8, 4) is 5.75 Å². The topological polar surface area (TPSA) is 127 Å². The van der Waals surface area contributed by atoms with Crippen LogP contribution in [-0.2, 0) is 10.1 Å². The van der Waals surface area contributed by atoms with E-state index in [1.54, 1.807) is 6.92 Å². The predicted molar refractivity (Wildman–Crippen MR) is 64.2 cm³/mol. The van der Waals surface area contributed by atoms with E-state index < -0.39 is 33.5 Å². The molecule has 1 aromatic rings. The van der Waals surface area contributed by atoms with E-state index in [2.05, 4.69) is 5.32 Å². The average Bonchev–Trinajstić information content (AvgIpc) is 2.27. The maximum Gasteiger partial charge on any atom is 0.298 e. The van der Waals surface area contributed by atoms with E-state index in [1.165, 1.54) is 6.07 Å². The number of aliphatic hydroxyl groups excluding tert-OH is 2. The number of nitrogens with one attached hydrogen (secondary N) is 1. The van der Waals surface area contributed by atoms with E-state index in [0.29, 0.717) is 5.56 Å². The number of hydrogen-bond donors (Lipinski definition) is 5. The van der Waals surface area contributed by atoms with Gasteiger partial charge in [-0.1, -0.05) is 0 Å². The Morgan fingerprint density at radius 3 is 2.50 bits per heavy atom. The normalized spacial score (nSPS) is 13.3. The molecule has 1 atom stereocenters. The van der Waals surface area contributed by atoms with Gasteiger partial charge in [0.25, 0.3) is 10.1 Å². The third kappa shape index (κ3) is 3.57. The second kappa shape index (κ2) is 5.53. The van der Waals surface area contributed by atoms with Gasteiger partial charge in [0.15, 0.2) is 5.75 Å². The lowest BCUT2D eigenvalue weighted by atomic mass is 10.2. The first-order chi connectivity index (χ1) is 8.25. The third-order valence-electron chi connectivity index (χ3n) is 2.24. The Morgan fingerprint density at radius 2 is 2.00 bits per heavy atom. The van der Waals surface area contributed by atoms with Crippen molar-refractivity contribution in [2.24, 2.45) is 0 Å². The molecule has 0 aliphatic heterocycles. The summed E-state index contributed by atoms with van der Waals surface area (Å²) in [5.41, 5.74) is 0.552. The van der Waals surface area contributed by atoms with Crippen LogP contribution in [0.3, 0.4) is 0 Å². The molecule has 0 fully saturated rings. The highest BCUT2D eigenvalue weighted by molar-refractivity contribution is 7.86. The zero-order chi connectivity index (χ0) is 13.9. The molecule has 0 heterocycles. The van der Waals surface area contributed by atoms with Crippen molar-refractivity contribution >= 4 is 15.8 Å². The second-order valence-corrected chi connectivity index (χ2v) is 5.24. The lowest BCUT2D eigenvalue weighted by Gasteiger charge is -2.14. The van der Waals surface area contributed by atoms with E-state index in [-0.39, 0.29) is 12.2 Å². The fourth-order valence-electron chi connectivity index (χ4n) is 1.37. The lowest BCUT2D eigenvalue weighted by molar-refractivity contribution is 0.105. The van der Waals surface area contributed by atoms with Crippen LogP contribution in [0.2, 0.25) is 0 Å². The molecule has 0 amide bonds. The van der Waals surface area contributed by atoms with E-state index in [9.17, 15) is 13.5 Å². The predicted octanol–water partition coefficient (Wildman–Crippen LogP) is -0.288. The van der Waals surface area contributed by atoms with Crippen molar-refractivity contribution in [2.75, 3.05) is 18.5 Å². The quantitative estimate of drug-likeness (QED) is 0.370. The van der Waals surface area contributed by atoms with Gasteiger partial charge in [0, 0.05) is 6.54 Å². The largest absolute Gasteiger partial charge is 0.504 e. The van der Waals surface area contributed by atoms with Crippen LogP contribution in [0.1, 0.15) is 5.56 Å². The molecule has 0 aromatic heterocycles. The van der Waals surface area contributed by atoms with Crippen molar-refractivity contribution < 1.29 is 28.3 Å². The Morgan fingerprint density at radius 1 is 1.39 bits per heavy atom. The Kier molecular flexibility index (Phi) is 4.52. The number of rotatable bonds is 5. The Labute approximate surface area is 104 Å². The highest BCUT2D eigenvalue weighted by Gasteiger charge is 2.19. The Hall–Kier alpha value is -1.35. The minimum absolute atomic E-state index is 0.0510. The molecule has 8 heteroatoms. The molecule has 0 bridgehead atoms. The van der Waals surface area contributed by atoms with Gasteiger partial charge < -0.3 is 20.6 Å². The Bertz CT molecular complexity index is 527. The lowest BCUT2D eigenvalue weighted by Crippen LogP contribution is -2.23. The molecule has 0 radical (unpaired) electrons. The number of phenolic OH excluding ortho intramolecular Hbond substituents is 1. The highest BCUT2D eigenvalue weighted by atomic mass is 32.2. The molecule has 7 nitrogen and oxygen atoms in total. The summed E-state index contributed by atoms with van der Waals surface area (Å²) in [6.45, 7) is 1.05. The zero-order valence-corrected chi connectivity index (χ0v) is 10.5. The summed E-state index contributed by atoms with van der Waals surface area (Å²) in [5, 5.41) is 30.0. The number of aryl methyl sites for hydroxylation is 1. The van der Waals surface area contributed by atoms with Crippen LogP contribution < -0.4 is 5.32 Å². The molecule has 0 aliphatic carbocycles. The van der Waals surface area contributed by atoms with Gasteiger partial charge in [-0.3, -0.25) is 4.55 Å². The van der Waals surface area contributed by atoms with E-state index >= 15 is 0 Å². The summed E-state index contributed by atoms with van der Waals surface area (Å²) < 4.78 is 31.0. The summed E-state index contributed by atoms with van der Waals surface area (Å²) in [7, 11) is -4.52. The van der Waals surface area contributed by atoms with Crippen LogP contribution in [0.5, 0.6) is 5.75 Å². The number of hydrogen-bond acceptors (Lipinski definition) is 6. The molecule has 0 saturated heterocycles. The summed E-state index contributed by atoms with van der Waals surface area (Å²) in [5.74, 6) is -0.631. The standard InChI is InChI=1S/C10H15NO6S/c1-6-2-8(11-4-7(13)5-12)10(14)9(3-6)18(15,16)17/h2-3,7,11-14H,4-5H2,1H3,(H,15,16,17). The minimum atomic E-state index is -4.52. The number of anilines is 1. The third-order valence-corrected chi connectivity index (χ3v) is 3.10. The number of aromatic hydroxyl groups is 1. The van der Waals surface area contributed by atoms with Crippen LogP contribution in [0, 0.1) is 6.92 Å². The smallest absolute Gasteiger partial charge is 0.298 e. The Balaban J connectivity index is 3.10. The highest BCUT2D eigenvalue weighted by Crippen LogP contribution is 2.32. The van der Waals surface area contributed by atoms with Gasteiger partial charge in [-0.15, -0.1) is 0 Å². The minimum Gasteiger partial charge on any atom is -0.504 e. The molecule has 102 valence electrons. The van der Waals surface area contributed by atoms with E-state index in [4.69, 9.17) is 14.8 Å². The molecule has 1 aromatic carbocycles. The first kappa shape index (κ1) is 14.7. The number of phenols is 1. The van der Waals surface area contributed by atoms with Gasteiger partial charge in [-0.2, -0.15) is 8.42 Å². The molecule has 0 saturated carbocycles. The number of benzene rings is 1. The fourth-order valence-corrected chi connectivity index (χ4v) is 2.06. The SMILES string of the molecule is Cc1cc(NCC(O)CO)c(O)c(S(=O)(=O)O)c1. The number of aliphatic hydroxyl groups is 2. The molecule has 1 rings (SSSR count). The van der Waals surface area contributed by atoms with Crippen molar-refractivity contribution in [3.63, 3.8) is 0 Å². The van der Waals surface area contributed by atoms with Crippen LogP contribution >= 0.6 is 0 Å². The van der Waals surface area contributed by atoms with E-state index in [1.807, 2.05) is 0 Å². The summed E-state index contributed by atoms with van der Waals surface area (Å²) >= 11 is 0. The molecule has 0 aliphatic rings. The fraction of sp³-hybridized carbons (Fsp3) is 0.400. The molecular weight excluding hydrogens is 262 g/mol. The average molecular weight is 277 g/mol. The van der Waals surface area contributed by atoms with Gasteiger partial charge in [0.1, 0.15) is 4.90 Å². The van der Waals surface area contributed by atoms with Crippen LogP contribution in [0.25, 0.3) is 0 Å². The van der Waals surface area contributed by atoms with Crippen LogP contribution in [0.15, 0.2) is 17.0 Å². The molecule has 0 spiro atoms. The monoisotopic (exact) mass is 277 g/mol. The van der Waals surface area contributed by atoms with Crippen molar-refractivity contribution in [3.05, 3.63) is 17.7 Å².